The summed E-state index contributed by atoms with van der Waals surface area (Å²) >= 11 is 0. The quantitative estimate of drug-likeness (QED) is 0.648. The van der Waals surface area contributed by atoms with Gasteiger partial charge >= 0.3 is 0 Å². The maximum atomic E-state index is 12.9. The number of nitrogens with zero attached hydrogens (tertiary/aromatic N) is 6. The van der Waals surface area contributed by atoms with Crippen LogP contribution >= 0.6 is 0 Å². The van der Waals surface area contributed by atoms with Crippen molar-refractivity contribution in [1.29, 1.82) is 0 Å². The lowest BCUT2D eigenvalue weighted by molar-refractivity contribution is -0.140. The summed E-state index contributed by atoms with van der Waals surface area (Å²) < 4.78 is 7.35. The van der Waals surface area contributed by atoms with Gasteiger partial charge in [0, 0.05) is 32.1 Å². The third-order valence-electron chi connectivity index (χ3n) is 6.45. The van der Waals surface area contributed by atoms with Gasteiger partial charge in [-0.1, -0.05) is 18.2 Å². The average Bonchev–Trinajstić information content (AvgIpc) is 3.18. The van der Waals surface area contributed by atoms with Crippen LogP contribution in [0.2, 0.25) is 0 Å². The second-order valence-electron chi connectivity index (χ2n) is 8.36. The van der Waals surface area contributed by atoms with Crippen LogP contribution in [-0.2, 0) is 9.53 Å². The Morgan fingerprint density at radius 3 is 2.42 bits per heavy atom. The number of hydrogen-bond acceptors (Lipinski definition) is 6. The first kappa shape index (κ1) is 19.9. The van der Waals surface area contributed by atoms with Crippen LogP contribution in [-0.4, -0.2) is 70.2 Å². The molecule has 31 heavy (non-hydrogen) atoms. The second-order valence-corrected chi connectivity index (χ2v) is 8.36. The molecule has 8 nitrogen and oxygen atoms in total. The van der Waals surface area contributed by atoms with Crippen LogP contribution in [0.4, 0.5) is 5.82 Å². The molecule has 0 spiro atoms. The normalized spacial score (nSPS) is 18.0. The van der Waals surface area contributed by atoms with Crippen LogP contribution in [0.15, 0.2) is 30.3 Å². The van der Waals surface area contributed by atoms with Crippen molar-refractivity contribution < 1.29 is 9.53 Å². The number of aryl methyl sites for hydroxylation is 2. The van der Waals surface area contributed by atoms with Gasteiger partial charge in [-0.25, -0.2) is 4.68 Å². The topological polar surface area (TPSA) is 76.4 Å². The molecule has 0 N–H and O–H groups in total. The van der Waals surface area contributed by atoms with Crippen molar-refractivity contribution in [3.8, 4) is 5.69 Å². The van der Waals surface area contributed by atoms with Crippen LogP contribution in [0, 0.1) is 19.8 Å². The van der Waals surface area contributed by atoms with Crippen molar-refractivity contribution in [2.75, 3.05) is 44.3 Å². The summed E-state index contributed by atoms with van der Waals surface area (Å²) in [6.45, 7) is 8.33. The first-order valence-corrected chi connectivity index (χ1v) is 11.0. The van der Waals surface area contributed by atoms with Crippen molar-refractivity contribution in [1.82, 2.24) is 24.9 Å². The number of carbonyl (C=O) groups is 1. The number of morpholine rings is 1. The van der Waals surface area contributed by atoms with E-state index in [1.165, 1.54) is 0 Å². The van der Waals surface area contributed by atoms with Gasteiger partial charge in [0.1, 0.15) is 5.52 Å². The Morgan fingerprint density at radius 1 is 1.00 bits per heavy atom. The van der Waals surface area contributed by atoms with E-state index in [4.69, 9.17) is 9.84 Å². The first-order chi connectivity index (χ1) is 15.1. The molecule has 8 heteroatoms. The summed E-state index contributed by atoms with van der Waals surface area (Å²) in [6, 6.07) is 10.1. The van der Waals surface area contributed by atoms with E-state index in [2.05, 4.69) is 34.2 Å². The molecule has 1 aromatic carbocycles. The Bertz CT molecular complexity index is 1080. The van der Waals surface area contributed by atoms with Gasteiger partial charge in [0.05, 0.1) is 35.7 Å². The minimum Gasteiger partial charge on any atom is -0.378 e. The zero-order valence-corrected chi connectivity index (χ0v) is 18.1. The average molecular weight is 421 g/mol. The molecule has 2 aromatic heterocycles. The van der Waals surface area contributed by atoms with E-state index in [0.29, 0.717) is 26.3 Å². The predicted molar refractivity (Wildman–Crippen MR) is 118 cm³/mol. The lowest BCUT2D eigenvalue weighted by Crippen LogP contribution is -2.47. The largest absolute Gasteiger partial charge is 0.378 e. The minimum atomic E-state index is 0.0758. The third-order valence-corrected chi connectivity index (χ3v) is 6.45. The smallest absolute Gasteiger partial charge is 0.225 e. The molecule has 5 rings (SSSR count). The highest BCUT2D eigenvalue weighted by Gasteiger charge is 2.31. The van der Waals surface area contributed by atoms with Gasteiger partial charge in [0.2, 0.25) is 5.91 Å². The Kier molecular flexibility index (Phi) is 5.31. The number of amides is 1. The molecule has 0 radical (unpaired) electrons. The SMILES string of the molecule is Cc1nnc(N2CCC(C(=O)N3CCOCC3)CC2)c2nn(-c3ccccc3)c(C)c12. The van der Waals surface area contributed by atoms with Gasteiger partial charge < -0.3 is 14.5 Å². The molecule has 1 amide bonds. The molecule has 2 saturated heterocycles. The number of aromatic nitrogens is 4. The fourth-order valence-electron chi connectivity index (χ4n) is 4.73. The van der Waals surface area contributed by atoms with Crippen molar-refractivity contribution in [2.45, 2.75) is 26.7 Å². The summed E-state index contributed by atoms with van der Waals surface area (Å²) in [6.07, 6.45) is 1.65. The zero-order valence-electron chi connectivity index (χ0n) is 18.1. The molecule has 2 aliphatic heterocycles. The monoisotopic (exact) mass is 420 g/mol. The number of rotatable bonds is 3. The summed E-state index contributed by atoms with van der Waals surface area (Å²) in [7, 11) is 0. The van der Waals surface area contributed by atoms with E-state index in [1.807, 2.05) is 34.7 Å². The number of hydrogen-bond donors (Lipinski definition) is 0. The van der Waals surface area contributed by atoms with Crippen molar-refractivity contribution in [3.05, 3.63) is 41.7 Å². The Labute approximate surface area is 181 Å². The molecular formula is C23H28N6O2. The molecule has 162 valence electrons. The van der Waals surface area contributed by atoms with Crippen molar-refractivity contribution in [2.24, 2.45) is 5.92 Å². The molecule has 4 heterocycles. The molecular weight excluding hydrogens is 392 g/mol. The van der Waals surface area contributed by atoms with E-state index in [-0.39, 0.29) is 11.8 Å². The molecule has 0 bridgehead atoms. The Balaban J connectivity index is 1.40. The highest BCUT2D eigenvalue weighted by atomic mass is 16.5. The second kappa shape index (κ2) is 8.26. The van der Waals surface area contributed by atoms with Crippen LogP contribution in [0.25, 0.3) is 16.6 Å². The molecule has 2 fully saturated rings. The molecule has 0 aliphatic carbocycles. The predicted octanol–water partition coefficient (Wildman–Crippen LogP) is 2.51. The lowest BCUT2D eigenvalue weighted by atomic mass is 9.95. The van der Waals surface area contributed by atoms with E-state index in [1.54, 1.807) is 0 Å². The van der Waals surface area contributed by atoms with Crippen LogP contribution < -0.4 is 4.90 Å². The number of fused-ring (bicyclic) bond motifs is 1. The molecule has 0 saturated carbocycles. The third kappa shape index (κ3) is 3.65. The van der Waals surface area contributed by atoms with E-state index < -0.39 is 0 Å². The van der Waals surface area contributed by atoms with Crippen molar-refractivity contribution >= 4 is 22.6 Å². The summed E-state index contributed by atoms with van der Waals surface area (Å²) in [4.78, 5) is 17.1. The highest BCUT2D eigenvalue weighted by Crippen LogP contribution is 2.31. The van der Waals surface area contributed by atoms with Crippen LogP contribution in [0.1, 0.15) is 24.2 Å². The highest BCUT2D eigenvalue weighted by molar-refractivity contribution is 5.92. The molecule has 0 unspecified atom stereocenters. The van der Waals surface area contributed by atoms with Gasteiger partial charge in [-0.15, -0.1) is 5.10 Å². The maximum Gasteiger partial charge on any atom is 0.225 e. The summed E-state index contributed by atoms with van der Waals surface area (Å²) in [5, 5.41) is 15.0. The Morgan fingerprint density at radius 2 is 1.71 bits per heavy atom. The van der Waals surface area contributed by atoms with Gasteiger partial charge in [-0.05, 0) is 38.8 Å². The number of para-hydroxylation sites is 1. The number of piperidine rings is 1. The number of anilines is 1. The Hall–Kier alpha value is -3.00. The van der Waals surface area contributed by atoms with Crippen LogP contribution in [0.3, 0.4) is 0 Å². The van der Waals surface area contributed by atoms with E-state index in [9.17, 15) is 4.79 Å². The van der Waals surface area contributed by atoms with Gasteiger partial charge in [-0.3, -0.25) is 4.79 Å². The minimum absolute atomic E-state index is 0.0758. The fourth-order valence-corrected chi connectivity index (χ4v) is 4.73. The molecule has 0 atom stereocenters. The summed E-state index contributed by atoms with van der Waals surface area (Å²) in [5.41, 5.74) is 3.85. The first-order valence-electron chi connectivity index (χ1n) is 11.0. The lowest BCUT2D eigenvalue weighted by Gasteiger charge is -2.35. The zero-order chi connectivity index (χ0) is 21.4. The maximum absolute atomic E-state index is 12.9. The molecule has 2 aliphatic rings. The van der Waals surface area contributed by atoms with E-state index >= 15 is 0 Å². The number of ether oxygens (including phenoxy) is 1. The van der Waals surface area contributed by atoms with Crippen molar-refractivity contribution in [3.63, 3.8) is 0 Å². The van der Waals surface area contributed by atoms with Gasteiger partial charge in [0.25, 0.3) is 0 Å². The number of benzene rings is 1. The fraction of sp³-hybridized carbons (Fsp3) is 0.478. The summed E-state index contributed by atoms with van der Waals surface area (Å²) in [5.74, 6) is 1.16. The van der Waals surface area contributed by atoms with Gasteiger partial charge in [0.15, 0.2) is 5.82 Å². The molecule has 3 aromatic rings. The van der Waals surface area contributed by atoms with Gasteiger partial charge in [-0.2, -0.15) is 10.2 Å². The van der Waals surface area contributed by atoms with Crippen LogP contribution in [0.5, 0.6) is 0 Å². The van der Waals surface area contributed by atoms with E-state index in [0.717, 1.165) is 59.7 Å². The standard InChI is InChI=1S/C23H28N6O2/c1-16-20-17(2)29(19-6-4-3-5-7-19)26-21(20)22(25-24-16)27-10-8-18(9-11-27)23(30)28-12-14-31-15-13-28/h3-7,18H,8-15H2,1-2H3. The number of carbonyl (C=O) groups excluding carboxylic acids is 1.